The lowest BCUT2D eigenvalue weighted by atomic mass is 9.99. The second kappa shape index (κ2) is 7.17. The van der Waals surface area contributed by atoms with Gasteiger partial charge in [0.05, 0.1) is 6.04 Å². The van der Waals surface area contributed by atoms with Gasteiger partial charge in [-0.2, -0.15) is 14.6 Å². The summed E-state index contributed by atoms with van der Waals surface area (Å²) in [5.74, 6) is 2.94. The Bertz CT molecular complexity index is 1030. The molecule has 3 aromatic heterocycles. The van der Waals surface area contributed by atoms with E-state index in [0.717, 1.165) is 49.4 Å². The summed E-state index contributed by atoms with van der Waals surface area (Å²) >= 11 is 0. The van der Waals surface area contributed by atoms with Crippen LogP contribution in [0, 0.1) is 6.92 Å². The molecule has 2 atom stereocenters. The third-order valence-corrected chi connectivity index (χ3v) is 6.15. The van der Waals surface area contributed by atoms with Crippen molar-refractivity contribution in [2.24, 2.45) is 0 Å². The van der Waals surface area contributed by atoms with Crippen LogP contribution in [0.4, 0.5) is 5.82 Å². The van der Waals surface area contributed by atoms with Crippen LogP contribution in [-0.4, -0.2) is 49.0 Å². The van der Waals surface area contributed by atoms with E-state index in [1.807, 2.05) is 24.0 Å². The number of carbonyl (C=O) groups is 1. The van der Waals surface area contributed by atoms with E-state index >= 15 is 0 Å². The highest BCUT2D eigenvalue weighted by Crippen LogP contribution is 2.29. The van der Waals surface area contributed by atoms with Gasteiger partial charge in [-0.25, -0.2) is 4.98 Å². The summed E-state index contributed by atoms with van der Waals surface area (Å²) in [6.45, 7) is 4.78. The first-order valence-corrected chi connectivity index (χ1v) is 10.5. The van der Waals surface area contributed by atoms with Gasteiger partial charge >= 0.3 is 0 Å². The number of likely N-dealkylation sites (tertiary alicyclic amines) is 1. The van der Waals surface area contributed by atoms with Crippen LogP contribution in [0.25, 0.3) is 5.78 Å². The number of nitrogens with one attached hydrogen (secondary N) is 1. The third-order valence-electron chi connectivity index (χ3n) is 6.15. The number of rotatable bonds is 4. The van der Waals surface area contributed by atoms with Crippen molar-refractivity contribution in [1.29, 1.82) is 0 Å². The maximum atomic E-state index is 13.2. The molecule has 1 fully saturated rings. The maximum Gasteiger partial charge on any atom is 0.289 e. The Morgan fingerprint density at radius 3 is 3.00 bits per heavy atom. The molecule has 4 heterocycles. The number of hydrogen-bond donors (Lipinski definition) is 1. The van der Waals surface area contributed by atoms with E-state index in [1.54, 1.807) is 4.52 Å². The van der Waals surface area contributed by atoms with Crippen molar-refractivity contribution in [3.8, 4) is 0 Å². The molecule has 152 valence electrons. The average molecular weight is 394 g/mol. The van der Waals surface area contributed by atoms with Gasteiger partial charge in [0, 0.05) is 30.8 Å². The van der Waals surface area contributed by atoms with E-state index in [9.17, 15) is 4.79 Å². The number of hydrogen-bond acceptors (Lipinski definition) is 6. The number of fused-ring (bicyclic) bond motifs is 2. The summed E-state index contributed by atoms with van der Waals surface area (Å²) in [4.78, 5) is 23.8. The standard InChI is InChI=1S/C21H26N6O2/c1-3-16-15(25-19-10-13(2)24-21-22-12-23-27(19)21)8-9-26(16)20(28)18-11-14-6-4-5-7-17(14)29-18/h10-12,15-16,25H,3-9H2,1-2H3/t15-,16+/m0/s1. The fourth-order valence-corrected chi connectivity index (χ4v) is 4.74. The molecular weight excluding hydrogens is 368 g/mol. The first kappa shape index (κ1) is 18.1. The molecule has 0 unspecified atom stereocenters. The van der Waals surface area contributed by atoms with E-state index in [-0.39, 0.29) is 18.0 Å². The van der Waals surface area contributed by atoms with Gasteiger partial charge in [-0.15, -0.1) is 0 Å². The molecule has 5 rings (SSSR count). The molecule has 8 heteroatoms. The molecule has 0 spiro atoms. The summed E-state index contributed by atoms with van der Waals surface area (Å²) in [5, 5.41) is 7.87. The quantitative estimate of drug-likeness (QED) is 0.732. The zero-order chi connectivity index (χ0) is 20.0. The topological polar surface area (TPSA) is 88.6 Å². The van der Waals surface area contributed by atoms with Crippen LogP contribution < -0.4 is 5.32 Å². The Balaban J connectivity index is 1.37. The Labute approximate surface area is 169 Å². The number of amides is 1. The molecule has 29 heavy (non-hydrogen) atoms. The van der Waals surface area contributed by atoms with Crippen LogP contribution >= 0.6 is 0 Å². The number of carbonyl (C=O) groups excluding carboxylic acids is 1. The van der Waals surface area contributed by atoms with Crippen molar-refractivity contribution >= 4 is 17.5 Å². The molecule has 1 amide bonds. The third kappa shape index (κ3) is 3.16. The first-order valence-electron chi connectivity index (χ1n) is 10.5. The number of nitrogens with zero attached hydrogens (tertiary/aromatic N) is 5. The largest absolute Gasteiger partial charge is 0.456 e. The molecular formula is C21H26N6O2. The van der Waals surface area contributed by atoms with Crippen LogP contribution in [-0.2, 0) is 12.8 Å². The fraction of sp³-hybridized carbons (Fsp3) is 0.524. The summed E-state index contributed by atoms with van der Waals surface area (Å²) in [6.07, 6.45) is 7.53. The molecule has 0 bridgehead atoms. The van der Waals surface area contributed by atoms with Gasteiger partial charge in [-0.3, -0.25) is 4.79 Å². The van der Waals surface area contributed by atoms with Gasteiger partial charge in [0.2, 0.25) is 0 Å². The fourth-order valence-electron chi connectivity index (χ4n) is 4.74. The molecule has 0 aromatic carbocycles. The highest BCUT2D eigenvalue weighted by atomic mass is 16.4. The zero-order valence-electron chi connectivity index (χ0n) is 16.9. The normalized spacial score (nSPS) is 21.5. The molecule has 1 N–H and O–H groups in total. The smallest absolute Gasteiger partial charge is 0.289 e. The van der Waals surface area contributed by atoms with Crippen molar-refractivity contribution in [1.82, 2.24) is 24.5 Å². The van der Waals surface area contributed by atoms with Gasteiger partial charge < -0.3 is 14.6 Å². The number of anilines is 1. The van der Waals surface area contributed by atoms with E-state index in [2.05, 4.69) is 27.3 Å². The van der Waals surface area contributed by atoms with Gasteiger partial charge in [0.25, 0.3) is 11.7 Å². The molecule has 2 aliphatic rings. The summed E-state index contributed by atoms with van der Waals surface area (Å²) < 4.78 is 7.66. The average Bonchev–Trinajstić information content (AvgIpc) is 3.44. The van der Waals surface area contributed by atoms with Crippen LogP contribution in [0.1, 0.15) is 60.2 Å². The van der Waals surface area contributed by atoms with E-state index in [1.165, 1.54) is 18.3 Å². The summed E-state index contributed by atoms with van der Waals surface area (Å²) in [7, 11) is 0. The van der Waals surface area contributed by atoms with Crippen molar-refractivity contribution in [2.45, 2.75) is 64.5 Å². The highest BCUT2D eigenvalue weighted by Gasteiger charge is 2.38. The van der Waals surface area contributed by atoms with Gasteiger partial charge in [-0.05, 0) is 50.7 Å². The van der Waals surface area contributed by atoms with Crippen LogP contribution in [0.15, 0.2) is 22.9 Å². The number of aryl methyl sites for hydroxylation is 3. The van der Waals surface area contributed by atoms with Crippen LogP contribution in [0.3, 0.4) is 0 Å². The van der Waals surface area contributed by atoms with E-state index in [4.69, 9.17) is 4.42 Å². The zero-order valence-corrected chi connectivity index (χ0v) is 16.9. The molecule has 0 saturated carbocycles. The Morgan fingerprint density at radius 1 is 1.31 bits per heavy atom. The lowest BCUT2D eigenvalue weighted by molar-refractivity contribution is 0.0695. The summed E-state index contributed by atoms with van der Waals surface area (Å²) in [6, 6.07) is 4.17. The van der Waals surface area contributed by atoms with Gasteiger partial charge in [0.15, 0.2) is 5.76 Å². The van der Waals surface area contributed by atoms with Crippen molar-refractivity contribution in [2.75, 3.05) is 11.9 Å². The van der Waals surface area contributed by atoms with Crippen molar-refractivity contribution in [3.05, 3.63) is 41.2 Å². The summed E-state index contributed by atoms with van der Waals surface area (Å²) in [5.41, 5.74) is 2.09. The van der Waals surface area contributed by atoms with E-state index < -0.39 is 0 Å². The molecule has 1 aliphatic heterocycles. The van der Waals surface area contributed by atoms with Crippen LogP contribution in [0.5, 0.6) is 0 Å². The van der Waals surface area contributed by atoms with Crippen molar-refractivity contribution in [3.63, 3.8) is 0 Å². The predicted molar refractivity (Wildman–Crippen MR) is 108 cm³/mol. The van der Waals surface area contributed by atoms with Gasteiger partial charge in [0.1, 0.15) is 17.9 Å². The SMILES string of the molecule is CC[C@@H]1[C@@H](Nc2cc(C)nc3ncnn23)CCN1C(=O)c1cc2c(o1)CCCC2. The molecule has 1 saturated heterocycles. The lowest BCUT2D eigenvalue weighted by Gasteiger charge is -2.27. The Morgan fingerprint density at radius 2 is 2.17 bits per heavy atom. The second-order valence-corrected chi connectivity index (χ2v) is 8.03. The maximum absolute atomic E-state index is 13.2. The Hall–Kier alpha value is -2.90. The van der Waals surface area contributed by atoms with Crippen LogP contribution in [0.2, 0.25) is 0 Å². The Kier molecular flexibility index (Phi) is 4.49. The number of aromatic nitrogens is 4. The predicted octanol–water partition coefficient (Wildman–Crippen LogP) is 3.01. The lowest BCUT2D eigenvalue weighted by Crippen LogP contribution is -2.41. The number of furan rings is 1. The van der Waals surface area contributed by atoms with E-state index in [0.29, 0.717) is 18.1 Å². The minimum atomic E-state index is 0.00682. The first-order chi connectivity index (χ1) is 14.1. The second-order valence-electron chi connectivity index (χ2n) is 8.03. The minimum absolute atomic E-state index is 0.00682. The highest BCUT2D eigenvalue weighted by molar-refractivity contribution is 5.92. The monoisotopic (exact) mass is 394 g/mol. The minimum Gasteiger partial charge on any atom is -0.456 e. The van der Waals surface area contributed by atoms with Crippen molar-refractivity contribution < 1.29 is 9.21 Å². The molecule has 3 aromatic rings. The molecule has 1 aliphatic carbocycles. The van der Waals surface area contributed by atoms with Gasteiger partial charge in [-0.1, -0.05) is 6.92 Å². The molecule has 8 nitrogen and oxygen atoms in total. The molecule has 0 radical (unpaired) electrons.